The summed E-state index contributed by atoms with van der Waals surface area (Å²) in [4.78, 5) is 17.0. The lowest BCUT2D eigenvalue weighted by atomic mass is 10.2. The summed E-state index contributed by atoms with van der Waals surface area (Å²) < 4.78 is 10.4. The normalized spacial score (nSPS) is 10.6. The third kappa shape index (κ3) is 4.68. The summed E-state index contributed by atoms with van der Waals surface area (Å²) in [5, 5.41) is 7.59. The second kappa shape index (κ2) is 8.73. The highest BCUT2D eigenvalue weighted by Crippen LogP contribution is 2.27. The van der Waals surface area contributed by atoms with Crippen LogP contribution in [-0.4, -0.2) is 23.2 Å². The largest absolute Gasteiger partial charge is 0.497 e. The van der Waals surface area contributed by atoms with Gasteiger partial charge in [0, 0.05) is 24.1 Å². The first-order chi connectivity index (χ1) is 13.1. The molecule has 2 heterocycles. The minimum absolute atomic E-state index is 0.160. The molecule has 6 nitrogen and oxygen atoms in total. The van der Waals surface area contributed by atoms with Crippen molar-refractivity contribution in [2.75, 3.05) is 7.11 Å². The highest BCUT2D eigenvalue weighted by Gasteiger charge is 2.15. The van der Waals surface area contributed by atoms with Crippen LogP contribution >= 0.6 is 11.8 Å². The number of carbonyl (C=O) groups is 1. The van der Waals surface area contributed by atoms with Gasteiger partial charge in [0.2, 0.25) is 0 Å². The van der Waals surface area contributed by atoms with Crippen LogP contribution in [0.1, 0.15) is 32.9 Å². The maximum Gasteiger partial charge on any atom is 0.254 e. The van der Waals surface area contributed by atoms with E-state index in [0.29, 0.717) is 22.9 Å². The zero-order valence-electron chi connectivity index (χ0n) is 15.5. The number of pyridine rings is 1. The topological polar surface area (TPSA) is 77.2 Å². The quantitative estimate of drug-likeness (QED) is 0.623. The van der Waals surface area contributed by atoms with Crippen LogP contribution in [-0.2, 0) is 12.3 Å². The van der Waals surface area contributed by atoms with Crippen LogP contribution in [0.2, 0.25) is 0 Å². The van der Waals surface area contributed by atoms with Gasteiger partial charge in [-0.05, 0) is 43.7 Å². The molecule has 1 amide bonds. The van der Waals surface area contributed by atoms with Gasteiger partial charge in [-0.1, -0.05) is 17.3 Å². The minimum atomic E-state index is -0.160. The van der Waals surface area contributed by atoms with E-state index in [0.717, 1.165) is 28.3 Å². The monoisotopic (exact) mass is 383 g/mol. The van der Waals surface area contributed by atoms with Crippen LogP contribution in [0, 0.1) is 13.8 Å². The molecule has 140 valence electrons. The van der Waals surface area contributed by atoms with Gasteiger partial charge < -0.3 is 14.6 Å². The summed E-state index contributed by atoms with van der Waals surface area (Å²) >= 11 is 1.50. The summed E-state index contributed by atoms with van der Waals surface area (Å²) in [6.07, 6.45) is 1.69. The Labute approximate surface area is 162 Å². The lowest BCUT2D eigenvalue weighted by Gasteiger charge is -2.10. The van der Waals surface area contributed by atoms with Gasteiger partial charge in [0.1, 0.15) is 16.5 Å². The Bertz CT molecular complexity index is 920. The van der Waals surface area contributed by atoms with Gasteiger partial charge in [-0.25, -0.2) is 4.98 Å². The number of amides is 1. The molecule has 3 aromatic rings. The predicted octanol–water partition coefficient (Wildman–Crippen LogP) is 3.92. The number of nitrogens with one attached hydrogen (secondary N) is 1. The Balaban J connectivity index is 1.68. The highest BCUT2D eigenvalue weighted by atomic mass is 32.2. The molecule has 0 aliphatic carbocycles. The van der Waals surface area contributed by atoms with Crippen molar-refractivity contribution >= 4 is 17.7 Å². The number of hydrogen-bond acceptors (Lipinski definition) is 6. The standard InChI is InChI=1S/C20H21N3O3S/c1-13-18(14(2)26-23-13)12-27-20-17(8-5-9-21-20)19(24)22-11-15-6-4-7-16(10-15)25-3/h4-10H,11-12H2,1-3H3,(H,22,24). The molecule has 0 unspecified atom stereocenters. The molecule has 7 heteroatoms. The fourth-order valence-corrected chi connectivity index (χ4v) is 3.73. The van der Waals surface area contributed by atoms with E-state index in [9.17, 15) is 4.79 Å². The van der Waals surface area contributed by atoms with E-state index in [4.69, 9.17) is 9.26 Å². The summed E-state index contributed by atoms with van der Waals surface area (Å²) in [6.45, 7) is 4.21. The first-order valence-corrected chi connectivity index (χ1v) is 9.47. The van der Waals surface area contributed by atoms with E-state index in [2.05, 4.69) is 15.5 Å². The highest BCUT2D eigenvalue weighted by molar-refractivity contribution is 7.98. The van der Waals surface area contributed by atoms with Gasteiger partial charge in [0.25, 0.3) is 5.91 Å². The SMILES string of the molecule is COc1cccc(CNC(=O)c2cccnc2SCc2c(C)noc2C)c1. The smallest absolute Gasteiger partial charge is 0.254 e. The molecular weight excluding hydrogens is 362 g/mol. The van der Waals surface area contributed by atoms with Crippen molar-refractivity contribution in [3.63, 3.8) is 0 Å². The van der Waals surface area contributed by atoms with Crippen molar-refractivity contribution in [1.29, 1.82) is 0 Å². The first kappa shape index (κ1) is 19.0. The molecule has 0 fully saturated rings. The Morgan fingerprint density at radius 2 is 2.11 bits per heavy atom. The van der Waals surface area contributed by atoms with E-state index < -0.39 is 0 Å². The average Bonchev–Trinajstić information content (AvgIpc) is 3.02. The average molecular weight is 383 g/mol. The molecule has 0 spiro atoms. The fraction of sp³-hybridized carbons (Fsp3) is 0.250. The van der Waals surface area contributed by atoms with Crippen molar-refractivity contribution < 1.29 is 14.1 Å². The number of thioether (sulfide) groups is 1. The molecule has 27 heavy (non-hydrogen) atoms. The summed E-state index contributed by atoms with van der Waals surface area (Å²) in [7, 11) is 1.62. The lowest BCUT2D eigenvalue weighted by Crippen LogP contribution is -2.23. The van der Waals surface area contributed by atoms with Crippen molar-refractivity contribution in [3.8, 4) is 5.75 Å². The number of aromatic nitrogens is 2. The van der Waals surface area contributed by atoms with E-state index in [-0.39, 0.29) is 5.91 Å². The van der Waals surface area contributed by atoms with Gasteiger partial charge in [0.15, 0.2) is 0 Å². The number of benzene rings is 1. The molecule has 0 bridgehead atoms. The van der Waals surface area contributed by atoms with Crippen LogP contribution in [0.15, 0.2) is 52.1 Å². The molecule has 1 N–H and O–H groups in total. The molecule has 0 atom stereocenters. The number of ether oxygens (including phenoxy) is 1. The zero-order chi connectivity index (χ0) is 19.2. The fourth-order valence-electron chi connectivity index (χ4n) is 2.59. The van der Waals surface area contributed by atoms with E-state index >= 15 is 0 Å². The Morgan fingerprint density at radius 1 is 1.26 bits per heavy atom. The number of nitrogens with zero attached hydrogens (tertiary/aromatic N) is 2. The van der Waals surface area contributed by atoms with Gasteiger partial charge in [0.05, 0.1) is 18.4 Å². The van der Waals surface area contributed by atoms with Gasteiger partial charge in [-0.3, -0.25) is 4.79 Å². The summed E-state index contributed by atoms with van der Waals surface area (Å²) in [5.74, 6) is 2.04. The molecule has 0 saturated carbocycles. The van der Waals surface area contributed by atoms with E-state index in [1.807, 2.05) is 38.1 Å². The van der Waals surface area contributed by atoms with Crippen molar-refractivity contribution in [1.82, 2.24) is 15.5 Å². The Hall–Kier alpha value is -2.80. The molecule has 2 aromatic heterocycles. The molecule has 1 aromatic carbocycles. The van der Waals surface area contributed by atoms with Crippen LogP contribution in [0.3, 0.4) is 0 Å². The van der Waals surface area contributed by atoms with Crippen molar-refractivity contribution in [3.05, 3.63) is 70.7 Å². The molecule has 3 rings (SSSR count). The summed E-state index contributed by atoms with van der Waals surface area (Å²) in [6, 6.07) is 11.2. The van der Waals surface area contributed by atoms with Gasteiger partial charge in [-0.15, -0.1) is 11.8 Å². The number of methoxy groups -OCH3 is 1. The second-order valence-corrected chi connectivity index (χ2v) is 6.95. The third-order valence-electron chi connectivity index (χ3n) is 4.14. The predicted molar refractivity (Wildman–Crippen MR) is 104 cm³/mol. The number of rotatable bonds is 7. The molecule has 0 radical (unpaired) electrons. The van der Waals surface area contributed by atoms with Gasteiger partial charge >= 0.3 is 0 Å². The minimum Gasteiger partial charge on any atom is -0.497 e. The zero-order valence-corrected chi connectivity index (χ0v) is 16.3. The van der Waals surface area contributed by atoms with Gasteiger partial charge in [-0.2, -0.15) is 0 Å². The Morgan fingerprint density at radius 3 is 2.85 bits per heavy atom. The van der Waals surface area contributed by atoms with Crippen LogP contribution in [0.5, 0.6) is 5.75 Å². The number of aryl methyl sites for hydroxylation is 2. The van der Waals surface area contributed by atoms with E-state index in [1.165, 1.54) is 11.8 Å². The first-order valence-electron chi connectivity index (χ1n) is 8.49. The van der Waals surface area contributed by atoms with Crippen LogP contribution in [0.25, 0.3) is 0 Å². The summed E-state index contributed by atoms with van der Waals surface area (Å²) in [5.41, 5.74) is 3.42. The molecular formula is C20H21N3O3S. The van der Waals surface area contributed by atoms with Crippen molar-refractivity contribution in [2.45, 2.75) is 31.2 Å². The Kier molecular flexibility index (Phi) is 6.13. The molecule has 0 aliphatic heterocycles. The molecule has 0 aliphatic rings. The molecule has 0 saturated heterocycles. The van der Waals surface area contributed by atoms with Crippen molar-refractivity contribution in [2.24, 2.45) is 0 Å². The van der Waals surface area contributed by atoms with Crippen LogP contribution < -0.4 is 10.1 Å². The lowest BCUT2D eigenvalue weighted by molar-refractivity contribution is 0.0947. The maximum absolute atomic E-state index is 12.7. The maximum atomic E-state index is 12.7. The number of carbonyl (C=O) groups excluding carboxylic acids is 1. The third-order valence-corrected chi connectivity index (χ3v) is 5.17. The van der Waals surface area contributed by atoms with Crippen LogP contribution in [0.4, 0.5) is 0 Å². The second-order valence-electron chi connectivity index (χ2n) is 5.98. The van der Waals surface area contributed by atoms with E-state index in [1.54, 1.807) is 25.4 Å². The number of hydrogen-bond donors (Lipinski definition) is 1.